The van der Waals surface area contributed by atoms with E-state index in [-0.39, 0.29) is 29.0 Å². The molecule has 0 radical (unpaired) electrons. The predicted octanol–water partition coefficient (Wildman–Crippen LogP) is 2.66. The standard InChI is InChI=1S/C20H26N2O5S/c1-14(2)22(3)28(24,25)19-8-6-7-16(11-19)20(23)21-13-15-9-17(26-4)12-18(10-15)27-5/h6-12,14H,13H2,1-5H3,(H,21,23). The molecule has 0 saturated heterocycles. The summed E-state index contributed by atoms with van der Waals surface area (Å²) in [5.74, 6) is 0.868. The van der Waals surface area contributed by atoms with Crippen molar-refractivity contribution in [2.75, 3.05) is 21.3 Å². The molecule has 0 saturated carbocycles. The van der Waals surface area contributed by atoms with Crippen molar-refractivity contribution < 1.29 is 22.7 Å². The lowest BCUT2D eigenvalue weighted by Gasteiger charge is -2.21. The Morgan fingerprint density at radius 1 is 1.07 bits per heavy atom. The first-order valence-electron chi connectivity index (χ1n) is 8.77. The summed E-state index contributed by atoms with van der Waals surface area (Å²) >= 11 is 0. The maximum atomic E-state index is 12.6. The fourth-order valence-electron chi connectivity index (χ4n) is 2.49. The molecule has 1 N–H and O–H groups in total. The molecule has 2 aromatic rings. The highest BCUT2D eigenvalue weighted by Gasteiger charge is 2.23. The lowest BCUT2D eigenvalue weighted by molar-refractivity contribution is 0.0950. The number of hydrogen-bond acceptors (Lipinski definition) is 5. The van der Waals surface area contributed by atoms with Gasteiger partial charge in [0.15, 0.2) is 0 Å². The van der Waals surface area contributed by atoms with Crippen molar-refractivity contribution >= 4 is 15.9 Å². The van der Waals surface area contributed by atoms with E-state index in [4.69, 9.17) is 9.47 Å². The predicted molar refractivity (Wildman–Crippen MR) is 107 cm³/mol. The Labute approximate surface area is 166 Å². The second-order valence-electron chi connectivity index (χ2n) is 6.55. The molecule has 0 aliphatic carbocycles. The first-order chi connectivity index (χ1) is 13.2. The van der Waals surface area contributed by atoms with Crippen LogP contribution in [-0.2, 0) is 16.6 Å². The molecule has 2 rings (SSSR count). The molecule has 0 unspecified atom stereocenters. The molecule has 0 heterocycles. The van der Waals surface area contributed by atoms with Crippen LogP contribution in [0.1, 0.15) is 29.8 Å². The number of ether oxygens (including phenoxy) is 2. The van der Waals surface area contributed by atoms with E-state index in [0.29, 0.717) is 11.5 Å². The monoisotopic (exact) mass is 406 g/mol. The van der Waals surface area contributed by atoms with E-state index in [0.717, 1.165) is 5.56 Å². The Bertz CT molecular complexity index is 919. The average molecular weight is 407 g/mol. The van der Waals surface area contributed by atoms with Gasteiger partial charge in [0.1, 0.15) is 11.5 Å². The van der Waals surface area contributed by atoms with E-state index in [9.17, 15) is 13.2 Å². The molecule has 0 fully saturated rings. The van der Waals surface area contributed by atoms with E-state index < -0.39 is 10.0 Å². The van der Waals surface area contributed by atoms with Crippen LogP contribution in [-0.4, -0.2) is 45.9 Å². The maximum Gasteiger partial charge on any atom is 0.251 e. The third-order valence-electron chi connectivity index (χ3n) is 4.36. The van der Waals surface area contributed by atoms with Gasteiger partial charge in [-0.15, -0.1) is 0 Å². The SMILES string of the molecule is COc1cc(CNC(=O)c2cccc(S(=O)(=O)N(C)C(C)C)c2)cc(OC)c1. The quantitative estimate of drug-likeness (QED) is 0.729. The lowest BCUT2D eigenvalue weighted by atomic mass is 10.1. The molecule has 8 heteroatoms. The van der Waals surface area contributed by atoms with Gasteiger partial charge < -0.3 is 14.8 Å². The van der Waals surface area contributed by atoms with Crippen LogP contribution in [0.25, 0.3) is 0 Å². The van der Waals surface area contributed by atoms with Gasteiger partial charge >= 0.3 is 0 Å². The van der Waals surface area contributed by atoms with Crippen molar-refractivity contribution in [1.82, 2.24) is 9.62 Å². The molecule has 0 aliphatic heterocycles. The summed E-state index contributed by atoms with van der Waals surface area (Å²) in [4.78, 5) is 12.6. The number of nitrogens with zero attached hydrogens (tertiary/aromatic N) is 1. The molecule has 2 aromatic carbocycles. The van der Waals surface area contributed by atoms with Crippen LogP contribution in [0.2, 0.25) is 0 Å². The summed E-state index contributed by atoms with van der Waals surface area (Å²) in [6, 6.07) is 11.1. The first kappa shape index (κ1) is 21.7. The minimum absolute atomic E-state index is 0.0828. The number of rotatable bonds is 8. The van der Waals surface area contributed by atoms with Crippen LogP contribution in [0.3, 0.4) is 0 Å². The minimum atomic E-state index is -3.66. The van der Waals surface area contributed by atoms with Gasteiger partial charge in [0.25, 0.3) is 5.91 Å². The molecule has 0 aromatic heterocycles. The minimum Gasteiger partial charge on any atom is -0.497 e. The van der Waals surface area contributed by atoms with Crippen LogP contribution < -0.4 is 14.8 Å². The zero-order valence-corrected chi connectivity index (χ0v) is 17.5. The normalized spacial score (nSPS) is 11.5. The second-order valence-corrected chi connectivity index (χ2v) is 8.54. The van der Waals surface area contributed by atoms with Crippen molar-refractivity contribution in [3.63, 3.8) is 0 Å². The number of benzene rings is 2. The number of methoxy groups -OCH3 is 2. The van der Waals surface area contributed by atoms with Crippen molar-refractivity contribution in [2.45, 2.75) is 31.3 Å². The number of sulfonamides is 1. The van der Waals surface area contributed by atoms with Gasteiger partial charge in [-0.05, 0) is 49.7 Å². The Morgan fingerprint density at radius 2 is 1.68 bits per heavy atom. The number of carbonyl (C=O) groups is 1. The second kappa shape index (κ2) is 9.07. The molecular formula is C20H26N2O5S. The van der Waals surface area contributed by atoms with Crippen LogP contribution in [0, 0.1) is 0 Å². The van der Waals surface area contributed by atoms with E-state index in [1.807, 2.05) is 0 Å². The first-order valence-corrected chi connectivity index (χ1v) is 10.2. The van der Waals surface area contributed by atoms with Crippen LogP contribution in [0.15, 0.2) is 47.4 Å². The fourth-order valence-corrected chi connectivity index (χ4v) is 3.91. The van der Waals surface area contributed by atoms with E-state index in [2.05, 4.69) is 5.32 Å². The highest BCUT2D eigenvalue weighted by atomic mass is 32.2. The molecule has 152 valence electrons. The molecule has 1 amide bonds. The average Bonchev–Trinajstić information content (AvgIpc) is 2.70. The van der Waals surface area contributed by atoms with Gasteiger partial charge in [0.2, 0.25) is 10.0 Å². The molecule has 0 aliphatic rings. The third kappa shape index (κ3) is 5.02. The fraction of sp³-hybridized carbons (Fsp3) is 0.350. The van der Waals surface area contributed by atoms with Crippen LogP contribution in [0.4, 0.5) is 0 Å². The van der Waals surface area contributed by atoms with Gasteiger partial charge in [-0.2, -0.15) is 4.31 Å². The summed E-state index contributed by atoms with van der Waals surface area (Å²) in [5, 5.41) is 2.79. The molecule has 0 bridgehead atoms. The molecule has 0 spiro atoms. The summed E-state index contributed by atoms with van der Waals surface area (Å²) < 4.78 is 37.0. The van der Waals surface area contributed by atoms with Crippen LogP contribution in [0.5, 0.6) is 11.5 Å². The Balaban J connectivity index is 2.18. The molecule has 7 nitrogen and oxygen atoms in total. The van der Waals surface area contributed by atoms with Gasteiger partial charge in [0, 0.05) is 31.3 Å². The zero-order chi connectivity index (χ0) is 20.9. The van der Waals surface area contributed by atoms with E-state index >= 15 is 0 Å². The van der Waals surface area contributed by atoms with E-state index in [1.54, 1.807) is 58.4 Å². The van der Waals surface area contributed by atoms with Crippen molar-refractivity contribution in [2.24, 2.45) is 0 Å². The molecular weight excluding hydrogens is 380 g/mol. The number of nitrogens with one attached hydrogen (secondary N) is 1. The van der Waals surface area contributed by atoms with Crippen LogP contribution >= 0.6 is 0 Å². The Kier molecular flexibility index (Phi) is 7.04. The van der Waals surface area contributed by atoms with Crippen molar-refractivity contribution in [3.8, 4) is 11.5 Å². The smallest absolute Gasteiger partial charge is 0.251 e. The third-order valence-corrected chi connectivity index (χ3v) is 6.39. The largest absolute Gasteiger partial charge is 0.497 e. The number of hydrogen-bond donors (Lipinski definition) is 1. The van der Waals surface area contributed by atoms with Gasteiger partial charge in [-0.25, -0.2) is 8.42 Å². The topological polar surface area (TPSA) is 84.9 Å². The molecule has 0 atom stereocenters. The highest BCUT2D eigenvalue weighted by Crippen LogP contribution is 2.22. The van der Waals surface area contributed by atoms with Crippen molar-refractivity contribution in [3.05, 3.63) is 53.6 Å². The van der Waals surface area contributed by atoms with Gasteiger partial charge in [-0.1, -0.05) is 6.07 Å². The van der Waals surface area contributed by atoms with E-state index in [1.165, 1.54) is 23.5 Å². The van der Waals surface area contributed by atoms with Crippen molar-refractivity contribution in [1.29, 1.82) is 0 Å². The zero-order valence-electron chi connectivity index (χ0n) is 16.7. The maximum absolute atomic E-state index is 12.6. The summed E-state index contributed by atoms with van der Waals surface area (Å²) in [6.45, 7) is 3.82. The summed E-state index contributed by atoms with van der Waals surface area (Å²) in [6.07, 6.45) is 0. The lowest BCUT2D eigenvalue weighted by Crippen LogP contribution is -2.33. The molecule has 28 heavy (non-hydrogen) atoms. The highest BCUT2D eigenvalue weighted by molar-refractivity contribution is 7.89. The number of amides is 1. The summed E-state index contributed by atoms with van der Waals surface area (Å²) in [7, 11) is 0.963. The Morgan fingerprint density at radius 3 is 2.21 bits per heavy atom. The summed E-state index contributed by atoms with van der Waals surface area (Å²) in [5.41, 5.74) is 1.07. The Hall–Kier alpha value is -2.58. The number of carbonyl (C=O) groups excluding carboxylic acids is 1. The van der Waals surface area contributed by atoms with Gasteiger partial charge in [-0.3, -0.25) is 4.79 Å². The van der Waals surface area contributed by atoms with Gasteiger partial charge in [0.05, 0.1) is 19.1 Å².